The van der Waals surface area contributed by atoms with Crippen LogP contribution in [0.15, 0.2) is 53.3 Å². The van der Waals surface area contributed by atoms with Crippen molar-refractivity contribution in [3.05, 3.63) is 69.5 Å². The Bertz CT molecular complexity index is 1060. The molecule has 6 nitrogen and oxygen atoms in total. The van der Waals surface area contributed by atoms with Crippen LogP contribution >= 0.6 is 12.2 Å². The number of aromatic amines is 1. The number of benzene rings is 2. The van der Waals surface area contributed by atoms with Crippen molar-refractivity contribution in [1.29, 1.82) is 0 Å². The third-order valence-electron chi connectivity index (χ3n) is 3.96. The molecule has 0 aliphatic heterocycles. The Labute approximate surface area is 159 Å². The third-order valence-corrected chi connectivity index (χ3v) is 4.28. The maximum absolute atomic E-state index is 12.8. The Morgan fingerprint density at radius 2 is 1.93 bits per heavy atom. The molecular weight excluding hydrogens is 369 g/mol. The molecule has 0 fully saturated rings. The molecule has 0 saturated carbocycles. The maximum Gasteiger partial charge on any atom is 0.262 e. The number of H-pyrrole nitrogens is 1. The summed E-state index contributed by atoms with van der Waals surface area (Å²) < 4.78 is 19.9. The smallest absolute Gasteiger partial charge is 0.262 e. The van der Waals surface area contributed by atoms with E-state index < -0.39 is 0 Å². The molecular formula is C19H18FN3O3S. The summed E-state index contributed by atoms with van der Waals surface area (Å²) >= 11 is 5.22. The van der Waals surface area contributed by atoms with Crippen LogP contribution in [-0.2, 0) is 11.3 Å². The van der Waals surface area contributed by atoms with E-state index in [1.54, 1.807) is 18.2 Å². The first-order valence-corrected chi connectivity index (χ1v) is 8.82. The Morgan fingerprint density at radius 1 is 1.19 bits per heavy atom. The lowest BCUT2D eigenvalue weighted by Gasteiger charge is -2.09. The molecule has 27 heavy (non-hydrogen) atoms. The van der Waals surface area contributed by atoms with Crippen LogP contribution in [0.25, 0.3) is 10.9 Å². The van der Waals surface area contributed by atoms with Crippen molar-refractivity contribution in [2.45, 2.75) is 13.0 Å². The third kappa shape index (κ3) is 4.79. The summed E-state index contributed by atoms with van der Waals surface area (Å²) in [7, 11) is 0. The zero-order valence-electron chi connectivity index (χ0n) is 14.4. The van der Waals surface area contributed by atoms with Gasteiger partial charge in [0.25, 0.3) is 5.56 Å². The molecule has 0 bridgehead atoms. The lowest BCUT2D eigenvalue weighted by Crippen LogP contribution is -2.30. The maximum atomic E-state index is 12.8. The van der Waals surface area contributed by atoms with E-state index >= 15 is 0 Å². The zero-order chi connectivity index (χ0) is 19.2. The predicted octanol–water partition coefficient (Wildman–Crippen LogP) is 2.78. The van der Waals surface area contributed by atoms with E-state index in [1.165, 1.54) is 28.8 Å². The van der Waals surface area contributed by atoms with E-state index in [9.17, 15) is 14.0 Å². The first-order valence-electron chi connectivity index (χ1n) is 8.41. The minimum Gasteiger partial charge on any atom is -0.492 e. The van der Waals surface area contributed by atoms with Crippen LogP contribution in [-0.4, -0.2) is 28.6 Å². The fourth-order valence-electron chi connectivity index (χ4n) is 2.59. The number of amides is 1. The van der Waals surface area contributed by atoms with Gasteiger partial charge in [-0.2, -0.15) is 0 Å². The molecule has 0 saturated heterocycles. The van der Waals surface area contributed by atoms with Crippen molar-refractivity contribution in [3.63, 3.8) is 0 Å². The summed E-state index contributed by atoms with van der Waals surface area (Å²) in [5.74, 6) is -0.0234. The van der Waals surface area contributed by atoms with Crippen molar-refractivity contribution in [2.24, 2.45) is 0 Å². The lowest BCUT2D eigenvalue weighted by molar-refractivity contribution is -0.121. The Morgan fingerprint density at radius 3 is 2.70 bits per heavy atom. The van der Waals surface area contributed by atoms with Crippen LogP contribution in [0.3, 0.4) is 0 Å². The fourth-order valence-corrected chi connectivity index (χ4v) is 2.88. The number of aromatic nitrogens is 2. The fraction of sp³-hybridized carbons (Fsp3) is 0.211. The van der Waals surface area contributed by atoms with E-state index in [0.29, 0.717) is 23.2 Å². The topological polar surface area (TPSA) is 76.1 Å². The number of nitrogens with zero attached hydrogens (tertiary/aromatic N) is 1. The number of hydrogen-bond acceptors (Lipinski definition) is 4. The Hall–Kier alpha value is -3.00. The van der Waals surface area contributed by atoms with E-state index in [1.807, 2.05) is 6.07 Å². The number of carbonyl (C=O) groups is 1. The van der Waals surface area contributed by atoms with Crippen LogP contribution in [0.4, 0.5) is 4.39 Å². The van der Waals surface area contributed by atoms with Crippen LogP contribution < -0.4 is 15.6 Å². The SMILES string of the molecule is O=C(CCn1c(=S)[nH]c2ccccc2c1=O)NCCOc1ccc(F)cc1. The van der Waals surface area contributed by atoms with Gasteiger partial charge in [-0.3, -0.25) is 14.2 Å². The molecule has 2 N–H and O–H groups in total. The van der Waals surface area contributed by atoms with E-state index in [4.69, 9.17) is 17.0 Å². The summed E-state index contributed by atoms with van der Waals surface area (Å²) in [5, 5.41) is 3.24. The lowest BCUT2D eigenvalue weighted by atomic mass is 10.2. The first kappa shape index (κ1) is 18.8. The summed E-state index contributed by atoms with van der Waals surface area (Å²) in [4.78, 5) is 27.5. The Kier molecular flexibility index (Phi) is 5.97. The largest absolute Gasteiger partial charge is 0.492 e. The molecule has 1 amide bonds. The molecule has 0 atom stereocenters. The molecule has 3 rings (SSSR count). The minimum absolute atomic E-state index is 0.117. The van der Waals surface area contributed by atoms with Crippen molar-refractivity contribution in [3.8, 4) is 5.75 Å². The van der Waals surface area contributed by atoms with Crippen molar-refractivity contribution >= 4 is 29.0 Å². The normalized spacial score (nSPS) is 10.7. The highest BCUT2D eigenvalue weighted by Crippen LogP contribution is 2.10. The van der Waals surface area contributed by atoms with E-state index in [0.717, 1.165) is 0 Å². The van der Waals surface area contributed by atoms with Gasteiger partial charge in [-0.25, -0.2) is 4.39 Å². The molecule has 0 aliphatic rings. The highest BCUT2D eigenvalue weighted by Gasteiger charge is 2.07. The second-order valence-electron chi connectivity index (χ2n) is 5.83. The molecule has 8 heteroatoms. The molecule has 3 aromatic rings. The minimum atomic E-state index is -0.335. The Balaban J connectivity index is 1.50. The second-order valence-corrected chi connectivity index (χ2v) is 6.22. The van der Waals surface area contributed by atoms with Gasteiger partial charge in [0, 0.05) is 13.0 Å². The molecule has 0 radical (unpaired) electrons. The van der Waals surface area contributed by atoms with Gasteiger partial charge in [-0.1, -0.05) is 12.1 Å². The van der Waals surface area contributed by atoms with Crippen molar-refractivity contribution < 1.29 is 13.9 Å². The molecule has 140 valence electrons. The van der Waals surface area contributed by atoms with Crippen molar-refractivity contribution in [1.82, 2.24) is 14.9 Å². The number of carbonyl (C=O) groups excluding carboxylic acids is 1. The molecule has 1 heterocycles. The van der Waals surface area contributed by atoms with Gasteiger partial charge in [0.15, 0.2) is 4.77 Å². The molecule has 0 spiro atoms. The van der Waals surface area contributed by atoms with Gasteiger partial charge in [0.05, 0.1) is 17.4 Å². The van der Waals surface area contributed by atoms with Crippen LogP contribution in [0.1, 0.15) is 6.42 Å². The number of ether oxygens (including phenoxy) is 1. The average molecular weight is 387 g/mol. The standard InChI is InChI=1S/C19H18FN3O3S/c20-13-5-7-14(8-6-13)26-12-10-21-17(24)9-11-23-18(25)15-3-1-2-4-16(15)22-19(23)27/h1-8H,9-12H2,(H,21,24)(H,22,27). The highest BCUT2D eigenvalue weighted by atomic mass is 32.1. The number of halogens is 1. The quantitative estimate of drug-likeness (QED) is 0.483. The van der Waals surface area contributed by atoms with Gasteiger partial charge in [-0.05, 0) is 48.6 Å². The van der Waals surface area contributed by atoms with E-state index in [-0.39, 0.29) is 41.6 Å². The molecule has 2 aromatic carbocycles. The number of rotatable bonds is 7. The van der Waals surface area contributed by atoms with Gasteiger partial charge in [-0.15, -0.1) is 0 Å². The number of para-hydroxylation sites is 1. The summed E-state index contributed by atoms with van der Waals surface area (Å²) in [5.41, 5.74) is 0.452. The van der Waals surface area contributed by atoms with Gasteiger partial charge in [0.1, 0.15) is 18.2 Å². The van der Waals surface area contributed by atoms with Gasteiger partial charge >= 0.3 is 0 Å². The zero-order valence-corrected chi connectivity index (χ0v) is 15.2. The van der Waals surface area contributed by atoms with Crippen LogP contribution in [0.2, 0.25) is 0 Å². The number of nitrogens with one attached hydrogen (secondary N) is 2. The second kappa shape index (κ2) is 8.59. The van der Waals surface area contributed by atoms with Crippen LogP contribution in [0.5, 0.6) is 5.75 Å². The molecule has 0 unspecified atom stereocenters. The first-order chi connectivity index (χ1) is 13.0. The summed E-state index contributed by atoms with van der Waals surface area (Å²) in [6.45, 7) is 0.743. The average Bonchev–Trinajstić information content (AvgIpc) is 2.66. The summed E-state index contributed by atoms with van der Waals surface area (Å²) in [6, 6.07) is 12.7. The van der Waals surface area contributed by atoms with Gasteiger partial charge < -0.3 is 15.0 Å². The number of fused-ring (bicyclic) bond motifs is 1. The monoisotopic (exact) mass is 387 g/mol. The van der Waals surface area contributed by atoms with Crippen LogP contribution in [0, 0.1) is 10.6 Å². The van der Waals surface area contributed by atoms with Crippen molar-refractivity contribution in [2.75, 3.05) is 13.2 Å². The molecule has 0 aliphatic carbocycles. The van der Waals surface area contributed by atoms with Gasteiger partial charge in [0.2, 0.25) is 5.91 Å². The number of hydrogen-bond donors (Lipinski definition) is 2. The predicted molar refractivity (Wildman–Crippen MR) is 103 cm³/mol. The van der Waals surface area contributed by atoms with E-state index in [2.05, 4.69) is 10.3 Å². The summed E-state index contributed by atoms with van der Waals surface area (Å²) in [6.07, 6.45) is 0.117. The highest BCUT2D eigenvalue weighted by molar-refractivity contribution is 7.71. The molecule has 1 aromatic heterocycles.